The fourth-order valence-electron chi connectivity index (χ4n) is 3.67. The molecule has 6 nitrogen and oxygen atoms in total. The molecule has 148 valence electrons. The zero-order valence-corrected chi connectivity index (χ0v) is 15.7. The molecule has 0 bridgehead atoms. The van der Waals surface area contributed by atoms with Crippen molar-refractivity contribution in [1.29, 1.82) is 0 Å². The lowest BCUT2D eigenvalue weighted by atomic mass is 9.89. The van der Waals surface area contributed by atoms with Crippen molar-refractivity contribution >= 4 is 11.9 Å². The third kappa shape index (κ3) is 4.00. The number of benzene rings is 1. The van der Waals surface area contributed by atoms with E-state index in [1.165, 1.54) is 6.07 Å². The van der Waals surface area contributed by atoms with E-state index in [1.54, 1.807) is 18.7 Å². The van der Waals surface area contributed by atoms with Crippen LogP contribution in [0.25, 0.3) is 0 Å². The number of likely N-dealkylation sites (tertiary alicyclic amines) is 1. The van der Waals surface area contributed by atoms with Crippen molar-refractivity contribution in [2.24, 2.45) is 0 Å². The molecule has 1 fully saturated rings. The van der Waals surface area contributed by atoms with Gasteiger partial charge in [0.15, 0.2) is 0 Å². The summed E-state index contributed by atoms with van der Waals surface area (Å²) >= 11 is 0. The SMILES string of the molecule is Cc1nc(C)c(C(=O)O)c(C2CCN(C(=O)Cc3c(F)cccc3F)CC2)n1. The van der Waals surface area contributed by atoms with Gasteiger partial charge < -0.3 is 10.0 Å². The molecule has 1 aromatic heterocycles. The van der Waals surface area contributed by atoms with E-state index in [2.05, 4.69) is 9.97 Å². The quantitative estimate of drug-likeness (QED) is 0.869. The average molecular weight is 389 g/mol. The lowest BCUT2D eigenvalue weighted by Crippen LogP contribution is -2.39. The highest BCUT2D eigenvalue weighted by Crippen LogP contribution is 2.30. The number of amides is 1. The number of carboxylic acids is 1. The minimum absolute atomic E-state index is 0.110. The molecular weight excluding hydrogens is 368 g/mol. The summed E-state index contributed by atoms with van der Waals surface area (Å²) in [6.07, 6.45) is 0.721. The molecule has 1 aromatic carbocycles. The number of aryl methyl sites for hydroxylation is 2. The summed E-state index contributed by atoms with van der Waals surface area (Å²) in [5.74, 6) is -2.49. The summed E-state index contributed by atoms with van der Waals surface area (Å²) < 4.78 is 27.6. The third-order valence-corrected chi connectivity index (χ3v) is 5.07. The van der Waals surface area contributed by atoms with E-state index < -0.39 is 17.6 Å². The maximum Gasteiger partial charge on any atom is 0.339 e. The Morgan fingerprint density at radius 3 is 2.32 bits per heavy atom. The molecule has 0 saturated carbocycles. The Hall–Kier alpha value is -2.90. The van der Waals surface area contributed by atoms with E-state index in [9.17, 15) is 23.5 Å². The number of hydrogen-bond acceptors (Lipinski definition) is 4. The number of piperidine rings is 1. The highest BCUT2D eigenvalue weighted by atomic mass is 19.1. The summed E-state index contributed by atoms with van der Waals surface area (Å²) in [4.78, 5) is 34.1. The molecular formula is C20H21F2N3O3. The van der Waals surface area contributed by atoms with Crippen molar-refractivity contribution < 1.29 is 23.5 Å². The lowest BCUT2D eigenvalue weighted by Gasteiger charge is -2.32. The molecule has 8 heteroatoms. The Morgan fingerprint density at radius 1 is 1.14 bits per heavy atom. The van der Waals surface area contributed by atoms with E-state index in [0.29, 0.717) is 43.1 Å². The number of aromatic carboxylic acids is 1. The first-order chi connectivity index (χ1) is 13.3. The van der Waals surface area contributed by atoms with Crippen LogP contribution in [0.2, 0.25) is 0 Å². The van der Waals surface area contributed by atoms with Crippen LogP contribution in [-0.4, -0.2) is 44.9 Å². The zero-order valence-electron chi connectivity index (χ0n) is 15.7. The maximum absolute atomic E-state index is 13.8. The molecule has 2 heterocycles. The van der Waals surface area contributed by atoms with Crippen LogP contribution in [0.15, 0.2) is 18.2 Å². The number of halogens is 2. The topological polar surface area (TPSA) is 83.4 Å². The fraction of sp³-hybridized carbons (Fsp3) is 0.400. The van der Waals surface area contributed by atoms with Gasteiger partial charge in [-0.3, -0.25) is 4.79 Å². The number of aromatic nitrogens is 2. The van der Waals surface area contributed by atoms with Crippen molar-refractivity contribution in [2.45, 2.75) is 39.0 Å². The average Bonchev–Trinajstić information content (AvgIpc) is 2.63. The van der Waals surface area contributed by atoms with Gasteiger partial charge in [0.1, 0.15) is 23.0 Å². The van der Waals surface area contributed by atoms with Gasteiger partial charge in [-0.2, -0.15) is 0 Å². The van der Waals surface area contributed by atoms with Gasteiger partial charge >= 0.3 is 5.97 Å². The van der Waals surface area contributed by atoms with Crippen LogP contribution in [0, 0.1) is 25.5 Å². The second-order valence-electron chi connectivity index (χ2n) is 6.95. The van der Waals surface area contributed by atoms with Crippen LogP contribution in [-0.2, 0) is 11.2 Å². The first-order valence-corrected chi connectivity index (χ1v) is 9.07. The van der Waals surface area contributed by atoms with Crippen LogP contribution >= 0.6 is 0 Å². The molecule has 0 unspecified atom stereocenters. The summed E-state index contributed by atoms with van der Waals surface area (Å²) in [7, 11) is 0. The van der Waals surface area contributed by atoms with Crippen molar-refractivity contribution in [1.82, 2.24) is 14.9 Å². The van der Waals surface area contributed by atoms with Crippen molar-refractivity contribution in [3.63, 3.8) is 0 Å². The predicted octanol–water partition coefficient (Wildman–Crippen LogP) is 3.02. The molecule has 1 aliphatic rings. The number of carbonyl (C=O) groups is 2. The van der Waals surface area contributed by atoms with E-state index in [-0.39, 0.29) is 29.4 Å². The molecule has 1 aliphatic heterocycles. The second kappa shape index (κ2) is 8.00. The molecule has 28 heavy (non-hydrogen) atoms. The normalized spacial score (nSPS) is 14.9. The van der Waals surface area contributed by atoms with Crippen molar-refractivity contribution in [2.75, 3.05) is 13.1 Å². The number of rotatable bonds is 4. The Labute approximate surface area is 161 Å². The number of carboxylic acid groups (broad SMARTS) is 1. The Kier molecular flexibility index (Phi) is 5.67. The van der Waals surface area contributed by atoms with E-state index in [0.717, 1.165) is 12.1 Å². The van der Waals surface area contributed by atoms with Crippen LogP contribution in [0.3, 0.4) is 0 Å². The minimum Gasteiger partial charge on any atom is -0.478 e. The Balaban J connectivity index is 1.71. The molecule has 3 rings (SSSR count). The molecule has 1 saturated heterocycles. The molecule has 0 spiro atoms. The summed E-state index contributed by atoms with van der Waals surface area (Å²) in [5.41, 5.74) is 0.793. The molecule has 0 atom stereocenters. The van der Waals surface area contributed by atoms with Gasteiger partial charge in [-0.25, -0.2) is 23.5 Å². The molecule has 2 aromatic rings. The Bertz CT molecular complexity index is 905. The van der Waals surface area contributed by atoms with Gasteiger partial charge in [0.2, 0.25) is 5.91 Å². The highest BCUT2D eigenvalue weighted by Gasteiger charge is 2.29. The fourth-order valence-corrected chi connectivity index (χ4v) is 3.67. The van der Waals surface area contributed by atoms with Crippen molar-refractivity contribution in [3.05, 3.63) is 58.2 Å². The summed E-state index contributed by atoms with van der Waals surface area (Å²) in [6.45, 7) is 4.11. The number of carbonyl (C=O) groups excluding carboxylic acids is 1. The summed E-state index contributed by atoms with van der Waals surface area (Å²) in [5, 5.41) is 9.51. The first kappa shape index (κ1) is 19.9. The van der Waals surface area contributed by atoms with Gasteiger partial charge in [0.05, 0.1) is 17.8 Å². The van der Waals surface area contributed by atoms with E-state index >= 15 is 0 Å². The molecule has 0 radical (unpaired) electrons. The molecule has 1 amide bonds. The van der Waals surface area contributed by atoms with E-state index in [1.807, 2.05) is 0 Å². The molecule has 0 aliphatic carbocycles. The standard InChI is InChI=1S/C20H21F2N3O3/c1-11-18(20(27)28)19(24-12(2)23-11)13-6-8-25(9-7-13)17(26)10-14-15(21)4-3-5-16(14)22/h3-5,13H,6-10H2,1-2H3,(H,27,28). The van der Waals surface area contributed by atoms with Crippen LogP contribution in [0.1, 0.15) is 51.9 Å². The first-order valence-electron chi connectivity index (χ1n) is 9.07. The van der Waals surface area contributed by atoms with E-state index in [4.69, 9.17) is 0 Å². The summed E-state index contributed by atoms with van der Waals surface area (Å²) in [6, 6.07) is 3.52. The van der Waals surface area contributed by atoms with Gasteiger partial charge in [0, 0.05) is 24.6 Å². The molecule has 1 N–H and O–H groups in total. The van der Waals surface area contributed by atoms with Gasteiger partial charge in [-0.15, -0.1) is 0 Å². The van der Waals surface area contributed by atoms with Crippen LogP contribution in [0.4, 0.5) is 8.78 Å². The van der Waals surface area contributed by atoms with Crippen LogP contribution < -0.4 is 0 Å². The maximum atomic E-state index is 13.8. The van der Waals surface area contributed by atoms with Gasteiger partial charge in [-0.1, -0.05) is 6.07 Å². The minimum atomic E-state index is -1.07. The highest BCUT2D eigenvalue weighted by molar-refractivity contribution is 5.90. The van der Waals surface area contributed by atoms with Crippen molar-refractivity contribution in [3.8, 4) is 0 Å². The van der Waals surface area contributed by atoms with Gasteiger partial charge in [-0.05, 0) is 38.8 Å². The van der Waals surface area contributed by atoms with Gasteiger partial charge in [0.25, 0.3) is 0 Å². The second-order valence-corrected chi connectivity index (χ2v) is 6.95. The Morgan fingerprint density at radius 2 is 1.75 bits per heavy atom. The monoisotopic (exact) mass is 389 g/mol. The predicted molar refractivity (Wildman–Crippen MR) is 97.1 cm³/mol. The largest absolute Gasteiger partial charge is 0.478 e. The zero-order chi connectivity index (χ0) is 20.4. The lowest BCUT2D eigenvalue weighted by molar-refractivity contribution is -0.131. The smallest absolute Gasteiger partial charge is 0.339 e. The number of nitrogens with zero attached hydrogens (tertiary/aromatic N) is 3. The number of hydrogen-bond donors (Lipinski definition) is 1. The third-order valence-electron chi connectivity index (χ3n) is 5.07. The van der Waals surface area contributed by atoms with Crippen LogP contribution in [0.5, 0.6) is 0 Å².